The van der Waals surface area contributed by atoms with E-state index in [0.717, 1.165) is 12.8 Å². The van der Waals surface area contributed by atoms with Crippen molar-refractivity contribution in [2.45, 2.75) is 25.7 Å². The Balaban J connectivity index is 3.21. The summed E-state index contributed by atoms with van der Waals surface area (Å²) in [7, 11) is 0. The lowest BCUT2D eigenvalue weighted by molar-refractivity contribution is -0.121. The first-order chi connectivity index (χ1) is 7.70. The molecule has 94 valence electrons. The van der Waals surface area contributed by atoms with Crippen LogP contribution < -0.4 is 10.6 Å². The van der Waals surface area contributed by atoms with Crippen LogP contribution in [0.4, 0.5) is 0 Å². The van der Waals surface area contributed by atoms with Crippen LogP contribution in [0.3, 0.4) is 0 Å². The average molecular weight is 358 g/mol. The van der Waals surface area contributed by atoms with Crippen molar-refractivity contribution in [2.24, 2.45) is 0 Å². The fourth-order valence-electron chi connectivity index (χ4n) is 1.05. The number of hydrogen-bond acceptors (Lipinski definition) is 2. The number of alkyl halides is 2. The minimum absolute atomic E-state index is 0.0696. The van der Waals surface area contributed by atoms with Gasteiger partial charge in [0.1, 0.15) is 0 Å². The topological polar surface area (TPSA) is 58.2 Å². The van der Waals surface area contributed by atoms with Gasteiger partial charge in [-0.05, 0) is 12.8 Å². The molecule has 2 N–H and O–H groups in total. The number of hydrogen-bond donors (Lipinski definition) is 2. The highest BCUT2D eigenvalue weighted by Gasteiger charge is 1.99. The molecule has 0 fully saturated rings. The largest absolute Gasteiger partial charge is 0.356 e. The second-order valence-electron chi connectivity index (χ2n) is 3.28. The minimum Gasteiger partial charge on any atom is -0.356 e. The zero-order chi connectivity index (χ0) is 12.2. The third-order valence-corrected chi connectivity index (χ3v) is 2.68. The monoisotopic (exact) mass is 356 g/mol. The van der Waals surface area contributed by atoms with E-state index in [9.17, 15) is 9.59 Å². The van der Waals surface area contributed by atoms with Gasteiger partial charge in [0.15, 0.2) is 0 Å². The van der Waals surface area contributed by atoms with Crippen molar-refractivity contribution < 1.29 is 9.59 Å². The van der Waals surface area contributed by atoms with Gasteiger partial charge in [-0.3, -0.25) is 9.59 Å². The predicted molar refractivity (Wildman–Crippen MR) is 72.1 cm³/mol. The van der Waals surface area contributed by atoms with Crippen LogP contribution in [0.15, 0.2) is 0 Å². The first kappa shape index (κ1) is 15.9. The van der Waals surface area contributed by atoms with E-state index in [4.69, 9.17) is 0 Å². The van der Waals surface area contributed by atoms with Crippen LogP contribution in [0.1, 0.15) is 25.7 Å². The van der Waals surface area contributed by atoms with Gasteiger partial charge in [0.25, 0.3) is 0 Å². The Morgan fingerprint density at radius 3 is 1.50 bits per heavy atom. The van der Waals surface area contributed by atoms with Gasteiger partial charge in [-0.2, -0.15) is 0 Å². The molecule has 0 spiro atoms. The maximum Gasteiger partial charge on any atom is 0.220 e. The van der Waals surface area contributed by atoms with E-state index in [1.807, 2.05) is 0 Å². The number of nitrogens with one attached hydrogen (secondary N) is 2. The van der Waals surface area contributed by atoms with Crippen molar-refractivity contribution in [2.75, 3.05) is 23.7 Å². The summed E-state index contributed by atoms with van der Waals surface area (Å²) in [6.07, 6.45) is 2.81. The molecule has 0 aromatic heterocycles. The molecule has 0 bridgehead atoms. The molecule has 0 radical (unpaired) electrons. The quantitative estimate of drug-likeness (QED) is 0.486. The van der Waals surface area contributed by atoms with Gasteiger partial charge in [-0.15, -0.1) is 0 Å². The molecule has 16 heavy (non-hydrogen) atoms. The van der Waals surface area contributed by atoms with Gasteiger partial charge in [0, 0.05) is 36.6 Å². The second-order valence-corrected chi connectivity index (χ2v) is 4.87. The van der Waals surface area contributed by atoms with Crippen molar-refractivity contribution in [3.63, 3.8) is 0 Å². The predicted octanol–water partition coefficient (Wildman–Crippen LogP) is 1.57. The number of carbonyl (C=O) groups excluding carboxylic acids is 2. The summed E-state index contributed by atoms with van der Waals surface area (Å²) in [6, 6.07) is 0. The van der Waals surface area contributed by atoms with Gasteiger partial charge in [-0.1, -0.05) is 31.9 Å². The molecule has 0 saturated heterocycles. The van der Waals surface area contributed by atoms with Crippen LogP contribution in [0.5, 0.6) is 0 Å². The zero-order valence-electron chi connectivity index (χ0n) is 9.23. The van der Waals surface area contributed by atoms with E-state index in [2.05, 4.69) is 42.5 Å². The Kier molecular flexibility index (Phi) is 11.3. The standard InChI is InChI=1S/C10H18Br2N2O2/c11-5-3-9(15)13-7-1-2-8-14-10(16)4-6-12/h1-8H2,(H,13,15)(H,14,16). The second kappa shape index (κ2) is 11.4. The molecule has 0 aliphatic rings. The maximum atomic E-state index is 11.1. The third-order valence-electron chi connectivity index (χ3n) is 1.89. The molecule has 0 atom stereocenters. The number of amides is 2. The summed E-state index contributed by atoms with van der Waals surface area (Å²) < 4.78 is 0. The third kappa shape index (κ3) is 10.4. The van der Waals surface area contributed by atoms with Crippen LogP contribution >= 0.6 is 31.9 Å². The van der Waals surface area contributed by atoms with Gasteiger partial charge in [0.2, 0.25) is 11.8 Å². The van der Waals surface area contributed by atoms with Crippen LogP contribution in [-0.2, 0) is 9.59 Å². The molecule has 6 heteroatoms. The SMILES string of the molecule is O=C(CCBr)NCCCCNC(=O)CCBr. The molecule has 0 aliphatic carbocycles. The Labute approximate surface area is 113 Å². The van der Waals surface area contributed by atoms with Crippen molar-refractivity contribution in [3.05, 3.63) is 0 Å². The van der Waals surface area contributed by atoms with Crippen molar-refractivity contribution in [3.8, 4) is 0 Å². The van der Waals surface area contributed by atoms with Gasteiger partial charge < -0.3 is 10.6 Å². The maximum absolute atomic E-state index is 11.1. The summed E-state index contributed by atoms with van der Waals surface area (Å²) in [6.45, 7) is 1.36. The van der Waals surface area contributed by atoms with E-state index in [0.29, 0.717) is 36.6 Å². The smallest absolute Gasteiger partial charge is 0.220 e. The van der Waals surface area contributed by atoms with E-state index in [-0.39, 0.29) is 11.8 Å². The summed E-state index contributed by atoms with van der Waals surface area (Å²) >= 11 is 6.40. The van der Waals surface area contributed by atoms with E-state index >= 15 is 0 Å². The Morgan fingerprint density at radius 1 is 0.812 bits per heavy atom. The van der Waals surface area contributed by atoms with Crippen molar-refractivity contribution in [1.29, 1.82) is 0 Å². The van der Waals surface area contributed by atoms with Gasteiger partial charge in [0.05, 0.1) is 0 Å². The molecular weight excluding hydrogens is 340 g/mol. The van der Waals surface area contributed by atoms with E-state index < -0.39 is 0 Å². The molecule has 0 rings (SSSR count). The number of carbonyl (C=O) groups is 2. The molecule has 0 aromatic carbocycles. The molecule has 0 aliphatic heterocycles. The first-order valence-corrected chi connectivity index (χ1v) is 7.60. The van der Waals surface area contributed by atoms with Crippen LogP contribution in [-0.4, -0.2) is 35.6 Å². The summed E-state index contributed by atoms with van der Waals surface area (Å²) in [5, 5.41) is 7.01. The fraction of sp³-hybridized carbons (Fsp3) is 0.800. The fourth-order valence-corrected chi connectivity index (χ4v) is 1.77. The molecule has 0 aromatic rings. The van der Waals surface area contributed by atoms with Crippen LogP contribution in [0.25, 0.3) is 0 Å². The van der Waals surface area contributed by atoms with Crippen molar-refractivity contribution >= 4 is 43.7 Å². The summed E-state index contributed by atoms with van der Waals surface area (Å²) in [5.74, 6) is 0.139. The van der Waals surface area contributed by atoms with Gasteiger partial charge in [-0.25, -0.2) is 0 Å². The Bertz CT molecular complexity index is 191. The van der Waals surface area contributed by atoms with Crippen LogP contribution in [0, 0.1) is 0 Å². The van der Waals surface area contributed by atoms with E-state index in [1.165, 1.54) is 0 Å². The number of rotatable bonds is 9. The molecular formula is C10H18Br2N2O2. The van der Waals surface area contributed by atoms with E-state index in [1.54, 1.807) is 0 Å². The number of halogens is 2. The summed E-state index contributed by atoms with van der Waals surface area (Å²) in [5.41, 5.74) is 0. The molecule has 0 heterocycles. The molecule has 0 saturated carbocycles. The normalized spacial score (nSPS) is 9.88. The lowest BCUT2D eigenvalue weighted by Crippen LogP contribution is -2.27. The first-order valence-electron chi connectivity index (χ1n) is 5.36. The summed E-state index contributed by atoms with van der Waals surface area (Å²) in [4.78, 5) is 22.1. The average Bonchev–Trinajstić information content (AvgIpc) is 2.24. The highest BCUT2D eigenvalue weighted by atomic mass is 79.9. The highest BCUT2D eigenvalue weighted by Crippen LogP contribution is 1.90. The molecule has 0 unspecified atom stereocenters. The lowest BCUT2D eigenvalue weighted by atomic mass is 10.3. The molecule has 4 nitrogen and oxygen atoms in total. The lowest BCUT2D eigenvalue weighted by Gasteiger charge is -2.05. The highest BCUT2D eigenvalue weighted by molar-refractivity contribution is 9.09. The Hall–Kier alpha value is -0.100. The Morgan fingerprint density at radius 2 is 1.19 bits per heavy atom. The number of unbranched alkanes of at least 4 members (excludes halogenated alkanes) is 1. The van der Waals surface area contributed by atoms with Crippen molar-refractivity contribution in [1.82, 2.24) is 10.6 Å². The molecule has 2 amide bonds. The van der Waals surface area contributed by atoms with Crippen LogP contribution in [0.2, 0.25) is 0 Å². The zero-order valence-corrected chi connectivity index (χ0v) is 12.4. The van der Waals surface area contributed by atoms with Gasteiger partial charge >= 0.3 is 0 Å². The minimum atomic E-state index is 0.0696.